The number of H-pyrrole nitrogens is 2. The first-order valence-corrected chi connectivity index (χ1v) is 25.5. The number of fused-ring (bicyclic) bond motifs is 6. The zero-order valence-corrected chi connectivity index (χ0v) is 41.8. The first kappa shape index (κ1) is 47.5. The smallest absolute Gasteiger partial charge is 0.407 e. The van der Waals surface area contributed by atoms with Crippen LogP contribution in [0.5, 0.6) is 5.75 Å². The van der Waals surface area contributed by atoms with Crippen molar-refractivity contribution in [1.29, 1.82) is 0 Å². The summed E-state index contributed by atoms with van der Waals surface area (Å²) in [6, 6.07) is 11.4. The fourth-order valence-corrected chi connectivity index (χ4v) is 12.5. The number of benzene rings is 2. The molecule has 1 unspecified atom stereocenters. The predicted octanol–water partition coefficient (Wildman–Crippen LogP) is 8.16. The van der Waals surface area contributed by atoms with Gasteiger partial charge in [-0.2, -0.15) is 0 Å². The zero-order valence-electron chi connectivity index (χ0n) is 41.0. The number of aromatic nitrogens is 5. The van der Waals surface area contributed by atoms with Crippen LogP contribution in [0.15, 0.2) is 54.9 Å². The molecule has 0 bridgehead atoms. The number of thiophene rings is 1. The van der Waals surface area contributed by atoms with Crippen LogP contribution in [0.2, 0.25) is 0 Å². The van der Waals surface area contributed by atoms with Crippen LogP contribution in [0.4, 0.5) is 14.0 Å². The van der Waals surface area contributed by atoms with Gasteiger partial charge >= 0.3 is 12.2 Å². The van der Waals surface area contributed by atoms with Crippen LogP contribution < -0.4 is 15.4 Å². The summed E-state index contributed by atoms with van der Waals surface area (Å²) in [4.78, 5) is 74.1. The van der Waals surface area contributed by atoms with Gasteiger partial charge in [-0.15, -0.1) is 11.3 Å². The van der Waals surface area contributed by atoms with Crippen molar-refractivity contribution in [3.63, 3.8) is 0 Å². The molecular weight excluding hydrogens is 946 g/mol. The standard InChI is InChI=1S/C52H58FN9O9S/c1-26(2)43(58-50(65)67-5)47(63)60-13-7-9-36(60)45-54-24-33(56-45)28-11-12-35-30(17-28)19-38-42-32(53)18-29(20-39(42)71-49(62(35)38)40-21-31-22-52(23-41(31)72-40)69-15-16-70-52)34-25-55-46(57-34)37-10-8-14-61(37)48(64)44(27(3)4)59-51(66)68-6/h11-12,17-21,24-27,36-37,43-44,49H,7-10,13-16,22-23H2,1-6H3,(H,54,56)(H,55,57)(H,58,65)(H,59,66)/t36-,37-,43-,44-,49?/m0/s1. The number of carbonyl (C=O) groups is 4. The third-order valence-electron chi connectivity index (χ3n) is 14.8. The van der Waals surface area contributed by atoms with E-state index >= 15 is 4.39 Å². The lowest BCUT2D eigenvalue weighted by molar-refractivity contribution is -0.147. The molecule has 4 N–H and O–H groups in total. The molecule has 378 valence electrons. The third kappa shape index (κ3) is 8.35. The summed E-state index contributed by atoms with van der Waals surface area (Å²) in [5.41, 5.74) is 5.68. The van der Waals surface area contributed by atoms with Gasteiger partial charge in [0, 0.05) is 47.3 Å². The third-order valence-corrected chi connectivity index (χ3v) is 16.0. The number of hydrogen-bond acceptors (Lipinski definition) is 12. The highest BCUT2D eigenvalue weighted by atomic mass is 32.1. The molecule has 0 saturated carbocycles. The van der Waals surface area contributed by atoms with Crippen molar-refractivity contribution in [2.45, 2.75) is 102 Å². The van der Waals surface area contributed by atoms with Crippen LogP contribution in [0.25, 0.3) is 44.7 Å². The minimum absolute atomic E-state index is 0.160. The highest BCUT2D eigenvalue weighted by Gasteiger charge is 2.45. The van der Waals surface area contributed by atoms with E-state index in [2.05, 4.69) is 37.3 Å². The summed E-state index contributed by atoms with van der Waals surface area (Å²) in [7, 11) is 2.54. The molecule has 2 aromatic carbocycles. The quantitative estimate of drug-likeness (QED) is 0.0974. The SMILES string of the molecule is COC(=O)N[C@H](C(=O)N1CCC[C@H]1c1ncc(-c2cc(F)c3c(c2)OC(c2cc4c(s2)CC2(C4)OCCO2)n2c-3cc3cc(-c4cnc([C@@H]5CCCN5C(=O)[C@@H](NC(=O)OC)C(C)C)[nH]4)ccc32)[nH]1)C(C)C. The summed E-state index contributed by atoms with van der Waals surface area (Å²) < 4.78 is 47.9. The number of nitrogens with one attached hydrogen (secondary N) is 4. The summed E-state index contributed by atoms with van der Waals surface area (Å²) >= 11 is 1.65. The molecule has 0 radical (unpaired) electrons. The Morgan fingerprint density at radius 2 is 1.39 bits per heavy atom. The Balaban J connectivity index is 0.921. The number of halogens is 1. The largest absolute Gasteiger partial charge is 0.464 e. The van der Waals surface area contributed by atoms with Gasteiger partial charge in [0.2, 0.25) is 18.0 Å². The fourth-order valence-electron chi connectivity index (χ4n) is 11.2. The maximum Gasteiger partial charge on any atom is 0.407 e. The predicted molar refractivity (Wildman–Crippen MR) is 263 cm³/mol. The molecule has 20 heteroatoms. The first-order valence-electron chi connectivity index (χ1n) is 24.7. The number of carbonyl (C=O) groups excluding carboxylic acids is 4. The van der Waals surface area contributed by atoms with Crippen LogP contribution in [0.1, 0.15) is 98.7 Å². The number of ether oxygens (including phenoxy) is 5. The fraction of sp³-hybridized carbons (Fsp3) is 0.462. The molecule has 3 saturated heterocycles. The summed E-state index contributed by atoms with van der Waals surface area (Å²) in [6.45, 7) is 9.68. The second-order valence-corrected chi connectivity index (χ2v) is 21.2. The molecule has 8 heterocycles. The second kappa shape index (κ2) is 18.7. The lowest BCUT2D eigenvalue weighted by Crippen LogP contribution is -2.51. The number of likely N-dealkylation sites (tertiary alicyclic amines) is 2. The molecule has 6 aromatic rings. The maximum absolute atomic E-state index is 17.1. The molecule has 5 aliphatic rings. The Kier molecular flexibility index (Phi) is 12.3. The van der Waals surface area contributed by atoms with E-state index in [-0.39, 0.29) is 35.7 Å². The van der Waals surface area contributed by atoms with Crippen LogP contribution >= 0.6 is 11.3 Å². The molecule has 72 heavy (non-hydrogen) atoms. The summed E-state index contributed by atoms with van der Waals surface area (Å²) in [6.07, 6.45) is 5.66. The number of hydrogen-bond donors (Lipinski definition) is 4. The van der Waals surface area contributed by atoms with Gasteiger partial charge < -0.3 is 54.1 Å². The monoisotopic (exact) mass is 1000 g/mol. The second-order valence-electron chi connectivity index (χ2n) is 20.0. The molecule has 1 aliphatic carbocycles. The van der Waals surface area contributed by atoms with Crippen molar-refractivity contribution in [2.24, 2.45) is 11.8 Å². The Hall–Kier alpha value is -6.77. The number of methoxy groups -OCH3 is 2. The topological polar surface area (TPSA) is 207 Å². The maximum atomic E-state index is 17.1. The summed E-state index contributed by atoms with van der Waals surface area (Å²) in [5, 5.41) is 6.26. The zero-order chi connectivity index (χ0) is 50.2. The number of aromatic amines is 2. The van der Waals surface area contributed by atoms with E-state index in [1.807, 2.05) is 52.0 Å². The Labute approximate surface area is 418 Å². The van der Waals surface area contributed by atoms with Crippen molar-refractivity contribution < 1.29 is 47.3 Å². The van der Waals surface area contributed by atoms with E-state index < -0.39 is 42.1 Å². The number of rotatable bonds is 11. The number of imidazole rings is 2. The normalized spacial score (nSPS) is 20.7. The lowest BCUT2D eigenvalue weighted by Gasteiger charge is -2.30. The van der Waals surface area contributed by atoms with Gasteiger partial charge in [0.1, 0.15) is 35.3 Å². The van der Waals surface area contributed by atoms with Crippen molar-refractivity contribution in [3.05, 3.63) is 87.6 Å². The van der Waals surface area contributed by atoms with Crippen LogP contribution in [0.3, 0.4) is 0 Å². The molecule has 4 amide bonds. The van der Waals surface area contributed by atoms with Gasteiger partial charge in [-0.25, -0.2) is 23.9 Å². The van der Waals surface area contributed by atoms with Gasteiger partial charge in [0.05, 0.1) is 84.9 Å². The lowest BCUT2D eigenvalue weighted by atomic mass is 10.0. The number of nitrogens with zero attached hydrogens (tertiary/aromatic N) is 5. The highest BCUT2D eigenvalue weighted by Crippen LogP contribution is 2.50. The number of amides is 4. The Morgan fingerprint density at radius 3 is 1.96 bits per heavy atom. The van der Waals surface area contributed by atoms with E-state index in [4.69, 9.17) is 33.7 Å². The van der Waals surface area contributed by atoms with Gasteiger partial charge in [-0.05, 0) is 79.5 Å². The van der Waals surface area contributed by atoms with Crippen LogP contribution in [-0.2, 0) is 41.4 Å². The van der Waals surface area contributed by atoms with E-state index in [9.17, 15) is 19.2 Å². The van der Waals surface area contributed by atoms with Crippen molar-refractivity contribution >= 4 is 46.2 Å². The molecule has 4 aromatic heterocycles. The van der Waals surface area contributed by atoms with Gasteiger partial charge in [-0.1, -0.05) is 33.8 Å². The molecule has 11 rings (SSSR count). The highest BCUT2D eigenvalue weighted by molar-refractivity contribution is 7.12. The molecule has 5 atom stereocenters. The molecular formula is C52H58FN9O9S. The van der Waals surface area contributed by atoms with E-state index in [0.29, 0.717) is 91.9 Å². The summed E-state index contributed by atoms with van der Waals surface area (Å²) in [5.74, 6) is -0.265. The van der Waals surface area contributed by atoms with E-state index in [0.717, 1.165) is 45.4 Å². The number of alkyl carbamates (subject to hydrolysis) is 2. The Bertz CT molecular complexity index is 3070. The Morgan fingerprint density at radius 1 is 0.792 bits per heavy atom. The van der Waals surface area contributed by atoms with E-state index in [1.54, 1.807) is 33.5 Å². The van der Waals surface area contributed by atoms with E-state index in [1.165, 1.54) is 25.2 Å². The minimum atomic E-state index is -0.780. The minimum Gasteiger partial charge on any atom is -0.464 e. The molecule has 18 nitrogen and oxygen atoms in total. The molecule has 4 aliphatic heterocycles. The van der Waals surface area contributed by atoms with Crippen LogP contribution in [-0.4, -0.2) is 117 Å². The average molecular weight is 1000 g/mol. The van der Waals surface area contributed by atoms with Crippen molar-refractivity contribution in [1.82, 2.24) is 44.9 Å². The van der Waals surface area contributed by atoms with Gasteiger partial charge in [0.15, 0.2) is 5.79 Å². The molecule has 3 fully saturated rings. The van der Waals surface area contributed by atoms with Gasteiger partial charge in [-0.3, -0.25) is 14.2 Å². The van der Waals surface area contributed by atoms with Crippen molar-refractivity contribution in [3.8, 4) is 39.5 Å². The molecule has 1 spiro atoms. The first-order chi connectivity index (χ1) is 34.7. The van der Waals surface area contributed by atoms with Gasteiger partial charge in [0.25, 0.3) is 0 Å². The van der Waals surface area contributed by atoms with Crippen LogP contribution in [0, 0.1) is 17.7 Å². The average Bonchev–Trinajstić information content (AvgIpc) is 4.22. The van der Waals surface area contributed by atoms with Crippen molar-refractivity contribution in [2.75, 3.05) is 40.5 Å².